The molecule has 0 aliphatic rings. The summed E-state index contributed by atoms with van der Waals surface area (Å²) in [5.41, 5.74) is 0.244. The highest BCUT2D eigenvalue weighted by atomic mass is 32.1. The van der Waals surface area contributed by atoms with Gasteiger partial charge in [-0.05, 0) is 32.2 Å². The minimum absolute atomic E-state index is 0.330. The van der Waals surface area contributed by atoms with Crippen LogP contribution < -0.4 is 5.32 Å². The maximum absolute atomic E-state index is 12.5. The molecular weight excluding hydrogens is 298 g/mol. The van der Waals surface area contributed by atoms with Gasteiger partial charge in [-0.25, -0.2) is 4.79 Å². The molecule has 0 radical (unpaired) electrons. The van der Waals surface area contributed by atoms with Gasteiger partial charge in [-0.15, -0.1) is 11.3 Å². The predicted molar refractivity (Wildman–Crippen MR) is 86.8 cm³/mol. The van der Waals surface area contributed by atoms with Crippen LogP contribution in [0.5, 0.6) is 0 Å². The van der Waals surface area contributed by atoms with Gasteiger partial charge in [0, 0.05) is 11.1 Å². The standard InChI is InChI=1S/C17H19NO3S/c1-17(2,3)18-15(19)14(12-8-5-4-6-9-12)21-16(20)13-10-7-11-22-13/h4-11,14H,1-3H3,(H,18,19)/t14-/m1/s1. The third-order valence-corrected chi connectivity index (χ3v) is 3.64. The molecular formula is C17H19NO3S. The van der Waals surface area contributed by atoms with Crippen LogP contribution in [-0.4, -0.2) is 17.4 Å². The highest BCUT2D eigenvalue weighted by Gasteiger charge is 2.28. The molecule has 0 aliphatic carbocycles. The molecule has 0 fully saturated rings. The zero-order valence-corrected chi connectivity index (χ0v) is 13.6. The molecule has 1 atom stereocenters. The Morgan fingerprint density at radius 3 is 2.32 bits per heavy atom. The number of carbonyl (C=O) groups excluding carboxylic acids is 2. The minimum Gasteiger partial charge on any atom is -0.443 e. The SMILES string of the molecule is CC(C)(C)NC(=O)[C@H](OC(=O)c1cccs1)c1ccccc1. The van der Waals surface area contributed by atoms with Crippen LogP contribution >= 0.6 is 11.3 Å². The van der Waals surface area contributed by atoms with Crippen LogP contribution in [0.15, 0.2) is 47.8 Å². The van der Waals surface area contributed by atoms with Crippen LogP contribution in [-0.2, 0) is 9.53 Å². The minimum atomic E-state index is -0.963. The maximum Gasteiger partial charge on any atom is 0.349 e. The molecule has 1 amide bonds. The van der Waals surface area contributed by atoms with Crippen LogP contribution in [0.1, 0.15) is 42.1 Å². The lowest BCUT2D eigenvalue weighted by Gasteiger charge is -2.25. The molecule has 0 unspecified atom stereocenters. The number of carbonyl (C=O) groups is 2. The van der Waals surface area contributed by atoms with Gasteiger partial charge in [0.15, 0.2) is 0 Å². The summed E-state index contributed by atoms with van der Waals surface area (Å²) in [4.78, 5) is 25.1. The van der Waals surface area contributed by atoms with Gasteiger partial charge in [0.2, 0.25) is 6.10 Å². The number of thiophene rings is 1. The smallest absolute Gasteiger partial charge is 0.349 e. The zero-order chi connectivity index (χ0) is 16.2. The van der Waals surface area contributed by atoms with Gasteiger partial charge in [-0.3, -0.25) is 4.79 Å². The Morgan fingerprint density at radius 1 is 1.09 bits per heavy atom. The average Bonchev–Trinajstić information content (AvgIpc) is 2.97. The zero-order valence-electron chi connectivity index (χ0n) is 12.8. The summed E-state index contributed by atoms with van der Waals surface area (Å²) in [6, 6.07) is 12.5. The molecule has 1 N–H and O–H groups in total. The third kappa shape index (κ3) is 4.43. The topological polar surface area (TPSA) is 55.4 Å². The lowest BCUT2D eigenvalue weighted by molar-refractivity contribution is -0.131. The second-order valence-electron chi connectivity index (χ2n) is 5.91. The van der Waals surface area contributed by atoms with E-state index in [9.17, 15) is 9.59 Å². The number of nitrogens with one attached hydrogen (secondary N) is 1. The van der Waals surface area contributed by atoms with Crippen molar-refractivity contribution in [1.82, 2.24) is 5.32 Å². The molecule has 0 aliphatic heterocycles. The molecule has 1 aromatic carbocycles. The van der Waals surface area contributed by atoms with Crippen LogP contribution in [0.2, 0.25) is 0 Å². The summed E-state index contributed by atoms with van der Waals surface area (Å²) in [5, 5.41) is 4.65. The van der Waals surface area contributed by atoms with Gasteiger partial charge < -0.3 is 10.1 Å². The van der Waals surface area contributed by atoms with E-state index in [2.05, 4.69) is 5.32 Å². The van der Waals surface area contributed by atoms with Gasteiger partial charge in [0.1, 0.15) is 4.88 Å². The lowest BCUT2D eigenvalue weighted by Crippen LogP contribution is -2.44. The second kappa shape index (κ2) is 6.75. The molecule has 0 spiro atoms. The summed E-state index contributed by atoms with van der Waals surface area (Å²) >= 11 is 1.29. The van der Waals surface area contributed by atoms with Crippen LogP contribution in [0.4, 0.5) is 0 Å². The van der Waals surface area contributed by atoms with Gasteiger partial charge in [0.25, 0.3) is 5.91 Å². The van der Waals surface area contributed by atoms with Crippen molar-refractivity contribution in [1.29, 1.82) is 0 Å². The number of hydrogen-bond donors (Lipinski definition) is 1. The monoisotopic (exact) mass is 317 g/mol. The number of amides is 1. The fraction of sp³-hybridized carbons (Fsp3) is 0.294. The van der Waals surface area contributed by atoms with Crippen molar-refractivity contribution < 1.29 is 14.3 Å². The molecule has 1 heterocycles. The molecule has 0 saturated carbocycles. The summed E-state index contributed by atoms with van der Waals surface area (Å²) in [6.07, 6.45) is -0.963. The fourth-order valence-corrected chi connectivity index (χ4v) is 2.50. The predicted octanol–water partition coefficient (Wildman–Crippen LogP) is 3.56. The Morgan fingerprint density at radius 2 is 1.77 bits per heavy atom. The molecule has 0 bridgehead atoms. The van der Waals surface area contributed by atoms with Gasteiger partial charge in [0.05, 0.1) is 0 Å². The Labute approximate surface area is 134 Å². The number of benzene rings is 1. The van der Waals surface area contributed by atoms with Crippen molar-refractivity contribution >= 4 is 23.2 Å². The van der Waals surface area contributed by atoms with Crippen molar-refractivity contribution in [3.8, 4) is 0 Å². The molecule has 0 saturated heterocycles. The Bertz CT molecular complexity index is 630. The first-order valence-corrected chi connectivity index (χ1v) is 7.86. The van der Waals surface area contributed by atoms with E-state index in [0.717, 1.165) is 0 Å². The first-order chi connectivity index (χ1) is 10.4. The molecule has 4 nitrogen and oxygen atoms in total. The summed E-state index contributed by atoms with van der Waals surface area (Å²) in [6.45, 7) is 5.65. The van der Waals surface area contributed by atoms with Gasteiger partial charge in [-0.1, -0.05) is 36.4 Å². The normalized spacial score (nSPS) is 12.5. The largest absolute Gasteiger partial charge is 0.443 e. The average molecular weight is 317 g/mol. The van der Waals surface area contributed by atoms with E-state index in [0.29, 0.717) is 10.4 Å². The number of hydrogen-bond acceptors (Lipinski definition) is 4. The Kier molecular flexibility index (Phi) is 4.98. The molecule has 116 valence electrons. The highest BCUT2D eigenvalue weighted by molar-refractivity contribution is 7.11. The number of esters is 1. The van der Waals surface area contributed by atoms with E-state index < -0.39 is 17.6 Å². The Balaban J connectivity index is 2.22. The van der Waals surface area contributed by atoms with Gasteiger partial charge in [-0.2, -0.15) is 0 Å². The maximum atomic E-state index is 12.5. The number of ether oxygens (including phenoxy) is 1. The lowest BCUT2D eigenvalue weighted by atomic mass is 10.1. The van der Waals surface area contributed by atoms with Crippen LogP contribution in [0, 0.1) is 0 Å². The summed E-state index contributed by atoms with van der Waals surface area (Å²) in [5.74, 6) is -0.823. The molecule has 2 rings (SSSR count). The van der Waals surface area contributed by atoms with E-state index in [1.807, 2.05) is 39.0 Å². The van der Waals surface area contributed by atoms with Crippen LogP contribution in [0.25, 0.3) is 0 Å². The van der Waals surface area contributed by atoms with E-state index in [1.165, 1.54) is 11.3 Å². The molecule has 2 aromatic rings. The molecule has 5 heteroatoms. The molecule has 22 heavy (non-hydrogen) atoms. The highest BCUT2D eigenvalue weighted by Crippen LogP contribution is 2.22. The second-order valence-corrected chi connectivity index (χ2v) is 6.86. The van der Waals surface area contributed by atoms with Crippen molar-refractivity contribution in [2.75, 3.05) is 0 Å². The van der Waals surface area contributed by atoms with Crippen LogP contribution in [0.3, 0.4) is 0 Å². The van der Waals surface area contributed by atoms with E-state index in [1.54, 1.807) is 29.6 Å². The fourth-order valence-electron chi connectivity index (χ4n) is 1.90. The Hall–Kier alpha value is -2.14. The van der Waals surface area contributed by atoms with E-state index >= 15 is 0 Å². The third-order valence-electron chi connectivity index (χ3n) is 2.79. The van der Waals surface area contributed by atoms with Crippen molar-refractivity contribution in [3.63, 3.8) is 0 Å². The van der Waals surface area contributed by atoms with E-state index in [4.69, 9.17) is 4.74 Å². The first kappa shape index (κ1) is 16.2. The van der Waals surface area contributed by atoms with Gasteiger partial charge >= 0.3 is 5.97 Å². The number of rotatable bonds is 4. The first-order valence-electron chi connectivity index (χ1n) is 6.98. The summed E-state index contributed by atoms with van der Waals surface area (Å²) < 4.78 is 5.45. The van der Waals surface area contributed by atoms with Crippen molar-refractivity contribution in [2.24, 2.45) is 0 Å². The quantitative estimate of drug-likeness (QED) is 0.877. The summed E-state index contributed by atoms with van der Waals surface area (Å²) in [7, 11) is 0. The molecule has 1 aromatic heterocycles. The van der Waals surface area contributed by atoms with Crippen molar-refractivity contribution in [3.05, 3.63) is 58.3 Å². The van der Waals surface area contributed by atoms with Crippen molar-refractivity contribution in [2.45, 2.75) is 32.4 Å². The van der Waals surface area contributed by atoms with E-state index in [-0.39, 0.29) is 5.91 Å².